The number of ether oxygens (including phenoxy) is 2. The molecule has 4 nitrogen and oxygen atoms in total. The molecule has 4 heteroatoms. The standard InChI is InChI=1S/C26H53NO3/c1-11-25(9,18-21(3)4)20-26(10,12-2)19-23(28)27-15-13-14-22(5)29-16-17-30-24(6,7)8/h21-22H,11-20H2,1-10H3,(H,27,28). The van der Waals surface area contributed by atoms with E-state index >= 15 is 0 Å². The van der Waals surface area contributed by atoms with Crippen molar-refractivity contribution in [2.24, 2.45) is 16.7 Å². The number of nitrogens with one attached hydrogen (secondary N) is 1. The predicted octanol–water partition coefficient (Wildman–Crippen LogP) is 6.76. The Kier molecular flexibility index (Phi) is 13.4. The van der Waals surface area contributed by atoms with Gasteiger partial charge in [0.05, 0.1) is 24.9 Å². The Hall–Kier alpha value is -0.610. The van der Waals surface area contributed by atoms with Crippen LogP contribution in [0.1, 0.15) is 114 Å². The Morgan fingerprint density at radius 1 is 0.933 bits per heavy atom. The molecule has 1 N–H and O–H groups in total. The third-order valence-electron chi connectivity index (χ3n) is 6.18. The molecule has 0 aromatic rings. The quantitative estimate of drug-likeness (QED) is 0.277. The van der Waals surface area contributed by atoms with E-state index in [9.17, 15) is 4.79 Å². The first-order valence-corrected chi connectivity index (χ1v) is 12.3. The Balaban J connectivity index is 4.25. The van der Waals surface area contributed by atoms with Crippen LogP contribution in [0, 0.1) is 16.7 Å². The van der Waals surface area contributed by atoms with Crippen molar-refractivity contribution in [1.82, 2.24) is 5.32 Å². The van der Waals surface area contributed by atoms with Crippen LogP contribution in [0.15, 0.2) is 0 Å². The number of amides is 1. The summed E-state index contributed by atoms with van der Waals surface area (Å²) in [5.74, 6) is 0.878. The lowest BCUT2D eigenvalue weighted by Gasteiger charge is -2.39. The molecule has 0 bridgehead atoms. The minimum Gasteiger partial charge on any atom is -0.376 e. The molecule has 3 atom stereocenters. The molecule has 0 fully saturated rings. The van der Waals surface area contributed by atoms with Crippen LogP contribution in [0.25, 0.3) is 0 Å². The van der Waals surface area contributed by atoms with Gasteiger partial charge in [-0.1, -0.05) is 54.4 Å². The Morgan fingerprint density at radius 2 is 1.53 bits per heavy atom. The second kappa shape index (κ2) is 13.7. The number of carbonyl (C=O) groups is 1. The average molecular weight is 428 g/mol. The van der Waals surface area contributed by atoms with E-state index in [0.717, 1.165) is 32.2 Å². The summed E-state index contributed by atoms with van der Waals surface area (Å²) in [6.07, 6.45) is 7.23. The topological polar surface area (TPSA) is 47.6 Å². The summed E-state index contributed by atoms with van der Waals surface area (Å²) in [5, 5.41) is 3.14. The minimum atomic E-state index is -0.118. The zero-order chi connectivity index (χ0) is 23.4. The molecule has 30 heavy (non-hydrogen) atoms. The second-order valence-electron chi connectivity index (χ2n) is 11.4. The highest BCUT2D eigenvalue weighted by atomic mass is 16.5. The number of rotatable bonds is 16. The van der Waals surface area contributed by atoms with Crippen LogP contribution in [0.5, 0.6) is 0 Å². The van der Waals surface area contributed by atoms with Crippen molar-refractivity contribution < 1.29 is 14.3 Å². The highest BCUT2D eigenvalue weighted by Gasteiger charge is 2.35. The summed E-state index contributed by atoms with van der Waals surface area (Å²) in [6, 6.07) is 0. The van der Waals surface area contributed by atoms with Crippen molar-refractivity contribution in [3.63, 3.8) is 0 Å². The number of hydrogen-bond acceptors (Lipinski definition) is 3. The number of carbonyl (C=O) groups excluding carboxylic acids is 1. The van der Waals surface area contributed by atoms with Gasteiger partial charge in [0.2, 0.25) is 5.91 Å². The molecule has 0 saturated carbocycles. The van der Waals surface area contributed by atoms with Crippen LogP contribution in [-0.2, 0) is 14.3 Å². The van der Waals surface area contributed by atoms with Gasteiger partial charge >= 0.3 is 0 Å². The van der Waals surface area contributed by atoms with E-state index < -0.39 is 0 Å². The van der Waals surface area contributed by atoms with Gasteiger partial charge in [-0.05, 0) is 70.1 Å². The van der Waals surface area contributed by atoms with Gasteiger partial charge in [0.15, 0.2) is 0 Å². The van der Waals surface area contributed by atoms with Crippen LogP contribution < -0.4 is 5.32 Å². The summed E-state index contributed by atoms with van der Waals surface area (Å²) < 4.78 is 11.5. The van der Waals surface area contributed by atoms with E-state index in [1.165, 1.54) is 12.8 Å². The van der Waals surface area contributed by atoms with Crippen molar-refractivity contribution in [2.45, 2.75) is 126 Å². The first-order valence-electron chi connectivity index (χ1n) is 12.3. The van der Waals surface area contributed by atoms with Crippen LogP contribution >= 0.6 is 0 Å². The van der Waals surface area contributed by atoms with E-state index in [2.05, 4.69) is 74.6 Å². The second-order valence-corrected chi connectivity index (χ2v) is 11.4. The van der Waals surface area contributed by atoms with E-state index in [1.807, 2.05) is 0 Å². The van der Waals surface area contributed by atoms with E-state index in [1.54, 1.807) is 0 Å². The Morgan fingerprint density at radius 3 is 2.03 bits per heavy atom. The van der Waals surface area contributed by atoms with Crippen molar-refractivity contribution in [2.75, 3.05) is 19.8 Å². The van der Waals surface area contributed by atoms with Crippen LogP contribution in [0.3, 0.4) is 0 Å². The van der Waals surface area contributed by atoms with Crippen LogP contribution in [0.2, 0.25) is 0 Å². The first kappa shape index (κ1) is 29.4. The molecule has 0 aliphatic heterocycles. The maximum absolute atomic E-state index is 12.6. The van der Waals surface area contributed by atoms with Gasteiger partial charge in [-0.15, -0.1) is 0 Å². The lowest BCUT2D eigenvalue weighted by atomic mass is 9.66. The first-order chi connectivity index (χ1) is 13.7. The molecule has 180 valence electrons. The molecule has 0 radical (unpaired) electrons. The van der Waals surface area contributed by atoms with Crippen LogP contribution in [0.4, 0.5) is 0 Å². The van der Waals surface area contributed by atoms with Gasteiger partial charge in [-0.2, -0.15) is 0 Å². The third kappa shape index (κ3) is 14.4. The minimum absolute atomic E-state index is 0.0627. The molecule has 3 unspecified atom stereocenters. The fourth-order valence-electron chi connectivity index (χ4n) is 4.42. The summed E-state index contributed by atoms with van der Waals surface area (Å²) in [5.41, 5.74) is 0.253. The Labute approximate surface area is 188 Å². The molecule has 0 heterocycles. The smallest absolute Gasteiger partial charge is 0.220 e. The maximum atomic E-state index is 12.6. The monoisotopic (exact) mass is 427 g/mol. The lowest BCUT2D eigenvalue weighted by Crippen LogP contribution is -2.35. The molecular weight excluding hydrogens is 374 g/mol. The van der Waals surface area contributed by atoms with Gasteiger partial charge in [0, 0.05) is 13.0 Å². The molecule has 0 aliphatic carbocycles. The highest BCUT2D eigenvalue weighted by Crippen LogP contribution is 2.44. The van der Waals surface area contributed by atoms with Gasteiger partial charge in [-0.3, -0.25) is 4.79 Å². The Bertz CT molecular complexity index is 471. The molecule has 0 aliphatic rings. The van der Waals surface area contributed by atoms with Crippen LogP contribution in [-0.4, -0.2) is 37.4 Å². The zero-order valence-electron chi connectivity index (χ0n) is 22.0. The zero-order valence-corrected chi connectivity index (χ0v) is 22.0. The average Bonchev–Trinajstić information content (AvgIpc) is 2.60. The lowest BCUT2D eigenvalue weighted by molar-refractivity contribution is -0.123. The summed E-state index contributed by atoms with van der Waals surface area (Å²) >= 11 is 0. The molecule has 0 spiro atoms. The predicted molar refractivity (Wildman–Crippen MR) is 129 cm³/mol. The van der Waals surface area contributed by atoms with Gasteiger partial charge in [0.1, 0.15) is 0 Å². The van der Waals surface area contributed by atoms with Crippen molar-refractivity contribution in [3.8, 4) is 0 Å². The highest BCUT2D eigenvalue weighted by molar-refractivity contribution is 5.76. The van der Waals surface area contributed by atoms with Gasteiger partial charge < -0.3 is 14.8 Å². The van der Waals surface area contributed by atoms with Crippen molar-refractivity contribution >= 4 is 5.91 Å². The normalized spacial score (nSPS) is 17.4. The number of hydrogen-bond donors (Lipinski definition) is 1. The van der Waals surface area contributed by atoms with E-state index in [0.29, 0.717) is 31.0 Å². The molecule has 0 rings (SSSR count). The summed E-state index contributed by atoms with van der Waals surface area (Å²) in [4.78, 5) is 12.6. The fourth-order valence-corrected chi connectivity index (χ4v) is 4.42. The van der Waals surface area contributed by atoms with E-state index in [-0.39, 0.29) is 23.0 Å². The van der Waals surface area contributed by atoms with E-state index in [4.69, 9.17) is 9.47 Å². The largest absolute Gasteiger partial charge is 0.376 e. The van der Waals surface area contributed by atoms with Gasteiger partial charge in [0.25, 0.3) is 0 Å². The fraction of sp³-hybridized carbons (Fsp3) is 0.962. The summed E-state index contributed by atoms with van der Waals surface area (Å²) in [7, 11) is 0. The molecule has 0 aromatic carbocycles. The maximum Gasteiger partial charge on any atom is 0.220 e. The molecular formula is C26H53NO3. The van der Waals surface area contributed by atoms with Crippen molar-refractivity contribution in [3.05, 3.63) is 0 Å². The SMILES string of the molecule is CCC(C)(CC(=O)NCCCC(C)OCCOC(C)(C)C)CC(C)(CC)CC(C)C. The molecule has 0 aromatic heterocycles. The molecule has 0 saturated heterocycles. The summed E-state index contributed by atoms with van der Waals surface area (Å²) in [6.45, 7) is 24.0. The molecule has 1 amide bonds. The van der Waals surface area contributed by atoms with Crippen molar-refractivity contribution in [1.29, 1.82) is 0 Å². The van der Waals surface area contributed by atoms with Gasteiger partial charge in [-0.25, -0.2) is 0 Å². The third-order valence-corrected chi connectivity index (χ3v) is 6.18.